The summed E-state index contributed by atoms with van der Waals surface area (Å²) >= 11 is 7.20. The van der Waals surface area contributed by atoms with Crippen molar-refractivity contribution in [1.82, 2.24) is 5.32 Å². The summed E-state index contributed by atoms with van der Waals surface area (Å²) in [5.41, 5.74) is 6.55. The van der Waals surface area contributed by atoms with Crippen molar-refractivity contribution in [1.29, 1.82) is 0 Å². The lowest BCUT2D eigenvalue weighted by molar-refractivity contribution is -0.115. The number of carbonyl (C=O) groups is 2. The third-order valence-corrected chi connectivity index (χ3v) is 4.17. The number of nitrogens with two attached hydrogens (primary N) is 1. The van der Waals surface area contributed by atoms with E-state index in [1.807, 2.05) is 25.1 Å². The van der Waals surface area contributed by atoms with Gasteiger partial charge in [0.25, 0.3) is 5.91 Å². The van der Waals surface area contributed by atoms with Crippen LogP contribution in [0.2, 0.25) is 5.02 Å². The van der Waals surface area contributed by atoms with E-state index in [1.165, 1.54) is 11.3 Å². The van der Waals surface area contributed by atoms with E-state index in [9.17, 15) is 9.59 Å². The Morgan fingerprint density at radius 3 is 2.82 bits per heavy atom. The maximum absolute atomic E-state index is 11.9. The third kappa shape index (κ3) is 4.30. The van der Waals surface area contributed by atoms with Crippen LogP contribution in [0.1, 0.15) is 28.9 Å². The minimum absolute atomic E-state index is 0.0246. The molecule has 0 aliphatic carbocycles. The van der Waals surface area contributed by atoms with Gasteiger partial charge in [0, 0.05) is 11.1 Å². The van der Waals surface area contributed by atoms with Crippen molar-refractivity contribution in [2.75, 3.05) is 11.9 Å². The van der Waals surface area contributed by atoms with Gasteiger partial charge < -0.3 is 16.4 Å². The van der Waals surface area contributed by atoms with Gasteiger partial charge in [0.15, 0.2) is 0 Å². The van der Waals surface area contributed by atoms with Crippen molar-refractivity contribution in [3.63, 3.8) is 0 Å². The molecular weight excluding hydrogens is 322 g/mol. The molecule has 1 aromatic heterocycles. The first-order chi connectivity index (χ1) is 10.5. The molecule has 22 heavy (non-hydrogen) atoms. The molecule has 2 rings (SSSR count). The van der Waals surface area contributed by atoms with Gasteiger partial charge in [0.1, 0.15) is 5.00 Å². The first kappa shape index (κ1) is 16.5. The van der Waals surface area contributed by atoms with Gasteiger partial charge in [-0.05, 0) is 36.1 Å². The molecule has 0 saturated heterocycles. The van der Waals surface area contributed by atoms with Gasteiger partial charge in [-0.3, -0.25) is 9.59 Å². The zero-order chi connectivity index (χ0) is 16.1. The number of benzene rings is 1. The molecule has 0 aliphatic heterocycles. The van der Waals surface area contributed by atoms with Gasteiger partial charge in [0.05, 0.1) is 12.1 Å². The van der Waals surface area contributed by atoms with Crippen molar-refractivity contribution >= 4 is 39.8 Å². The molecule has 0 radical (unpaired) electrons. The number of hydrogen-bond donors (Lipinski definition) is 3. The van der Waals surface area contributed by atoms with Crippen molar-refractivity contribution in [3.05, 3.63) is 51.9 Å². The summed E-state index contributed by atoms with van der Waals surface area (Å²) in [4.78, 5) is 23.1. The third-order valence-electron chi connectivity index (χ3n) is 3.10. The molecule has 1 heterocycles. The Morgan fingerprint density at radius 1 is 1.36 bits per heavy atom. The number of hydrogen-bond acceptors (Lipinski definition) is 4. The highest BCUT2D eigenvalue weighted by Gasteiger charge is 2.13. The van der Waals surface area contributed by atoms with E-state index in [2.05, 4.69) is 10.6 Å². The molecule has 1 aromatic carbocycles. The fourth-order valence-electron chi connectivity index (χ4n) is 1.91. The van der Waals surface area contributed by atoms with Crippen LogP contribution >= 0.6 is 22.9 Å². The Labute approximate surface area is 137 Å². The summed E-state index contributed by atoms with van der Waals surface area (Å²) in [7, 11) is 0. The van der Waals surface area contributed by atoms with E-state index >= 15 is 0 Å². The lowest BCUT2D eigenvalue weighted by atomic mass is 10.1. The van der Waals surface area contributed by atoms with Crippen molar-refractivity contribution in [2.45, 2.75) is 13.0 Å². The maximum Gasteiger partial charge on any atom is 0.251 e. The van der Waals surface area contributed by atoms with Gasteiger partial charge in [-0.25, -0.2) is 0 Å². The van der Waals surface area contributed by atoms with Gasteiger partial charge in [0.2, 0.25) is 5.91 Å². The van der Waals surface area contributed by atoms with E-state index in [4.69, 9.17) is 17.3 Å². The van der Waals surface area contributed by atoms with Crippen molar-refractivity contribution < 1.29 is 9.59 Å². The molecule has 0 bridgehead atoms. The second-order valence-electron chi connectivity index (χ2n) is 4.73. The van der Waals surface area contributed by atoms with E-state index in [0.29, 0.717) is 15.6 Å². The van der Waals surface area contributed by atoms with E-state index in [0.717, 1.165) is 5.56 Å². The Bertz CT molecular complexity index is 687. The minimum atomic E-state index is -0.559. The zero-order valence-corrected chi connectivity index (χ0v) is 13.5. The molecule has 4 N–H and O–H groups in total. The Kier molecular flexibility index (Phi) is 5.54. The second-order valence-corrected chi connectivity index (χ2v) is 6.09. The standard InChI is InChI=1S/C15H16ClN3O2S/c1-9(10-3-2-4-11(16)7-10)18-8-13(20)19-15-12(14(17)21)5-6-22-15/h2-7,9,18H,8H2,1H3,(H2,17,21)(H,19,20)/t9-/m1/s1. The molecule has 0 aliphatic rings. The van der Waals surface area contributed by atoms with E-state index in [-0.39, 0.29) is 18.5 Å². The van der Waals surface area contributed by atoms with Crippen molar-refractivity contribution in [3.8, 4) is 0 Å². The predicted molar refractivity (Wildman–Crippen MR) is 89.3 cm³/mol. The highest BCUT2D eigenvalue weighted by Crippen LogP contribution is 2.22. The monoisotopic (exact) mass is 337 g/mol. The molecule has 0 unspecified atom stereocenters. The molecule has 0 saturated carbocycles. The number of halogens is 1. The normalized spacial score (nSPS) is 11.9. The molecule has 1 atom stereocenters. The van der Waals surface area contributed by atoms with Crippen LogP contribution in [0.25, 0.3) is 0 Å². The van der Waals surface area contributed by atoms with Crippen LogP contribution in [0.3, 0.4) is 0 Å². The average molecular weight is 338 g/mol. The summed E-state index contributed by atoms with van der Waals surface area (Å²) in [6.07, 6.45) is 0. The summed E-state index contributed by atoms with van der Waals surface area (Å²) in [5.74, 6) is -0.796. The van der Waals surface area contributed by atoms with Gasteiger partial charge in [-0.15, -0.1) is 11.3 Å². The molecule has 0 spiro atoms. The summed E-state index contributed by atoms with van der Waals surface area (Å²) in [5, 5.41) is 8.61. The Balaban J connectivity index is 1.90. The van der Waals surface area contributed by atoms with Gasteiger partial charge >= 0.3 is 0 Å². The first-order valence-electron chi connectivity index (χ1n) is 6.63. The lowest BCUT2D eigenvalue weighted by Crippen LogP contribution is -2.30. The van der Waals surface area contributed by atoms with E-state index < -0.39 is 5.91 Å². The Morgan fingerprint density at radius 2 is 2.14 bits per heavy atom. The van der Waals surface area contributed by atoms with Crippen LogP contribution in [0.4, 0.5) is 5.00 Å². The van der Waals surface area contributed by atoms with Crippen LogP contribution in [0.15, 0.2) is 35.7 Å². The summed E-state index contributed by atoms with van der Waals surface area (Å²) in [6, 6.07) is 9.01. The number of nitrogens with one attached hydrogen (secondary N) is 2. The van der Waals surface area contributed by atoms with Crippen LogP contribution in [0.5, 0.6) is 0 Å². The van der Waals surface area contributed by atoms with Crippen LogP contribution in [-0.4, -0.2) is 18.4 Å². The fraction of sp³-hybridized carbons (Fsp3) is 0.200. The number of amides is 2. The minimum Gasteiger partial charge on any atom is -0.366 e. The highest BCUT2D eigenvalue weighted by molar-refractivity contribution is 7.14. The molecule has 2 amide bonds. The SMILES string of the molecule is C[C@@H](NCC(=O)Nc1sccc1C(N)=O)c1cccc(Cl)c1. The molecule has 7 heteroatoms. The molecule has 116 valence electrons. The summed E-state index contributed by atoms with van der Waals surface area (Å²) in [6.45, 7) is 2.06. The second kappa shape index (κ2) is 7.40. The molecule has 2 aromatic rings. The average Bonchev–Trinajstić information content (AvgIpc) is 2.93. The smallest absolute Gasteiger partial charge is 0.251 e. The molecule has 0 fully saturated rings. The first-order valence-corrected chi connectivity index (χ1v) is 7.89. The van der Waals surface area contributed by atoms with E-state index in [1.54, 1.807) is 17.5 Å². The van der Waals surface area contributed by atoms with Crippen LogP contribution < -0.4 is 16.4 Å². The Hall–Kier alpha value is -1.89. The van der Waals surface area contributed by atoms with Gasteiger partial charge in [-0.1, -0.05) is 23.7 Å². The summed E-state index contributed by atoms with van der Waals surface area (Å²) < 4.78 is 0. The highest BCUT2D eigenvalue weighted by atomic mass is 35.5. The number of thiophene rings is 1. The van der Waals surface area contributed by atoms with Crippen molar-refractivity contribution in [2.24, 2.45) is 5.73 Å². The number of rotatable bonds is 6. The molecular formula is C15H16ClN3O2S. The lowest BCUT2D eigenvalue weighted by Gasteiger charge is -2.14. The number of anilines is 1. The maximum atomic E-state index is 11.9. The topological polar surface area (TPSA) is 84.2 Å². The number of primary amides is 1. The van der Waals surface area contributed by atoms with Crippen LogP contribution in [0, 0.1) is 0 Å². The quantitative estimate of drug-likeness (QED) is 0.757. The largest absolute Gasteiger partial charge is 0.366 e. The number of carbonyl (C=O) groups excluding carboxylic acids is 2. The van der Waals surface area contributed by atoms with Crippen LogP contribution in [-0.2, 0) is 4.79 Å². The zero-order valence-electron chi connectivity index (χ0n) is 11.9. The van der Waals surface area contributed by atoms with Gasteiger partial charge in [-0.2, -0.15) is 0 Å². The molecule has 5 nitrogen and oxygen atoms in total. The predicted octanol–water partition coefficient (Wildman–Crippen LogP) is 2.79. The fourth-order valence-corrected chi connectivity index (χ4v) is 2.92.